The quantitative estimate of drug-likeness (QED) is 0.313. The summed E-state index contributed by atoms with van der Waals surface area (Å²) in [4.78, 5) is 10.2. The van der Waals surface area contributed by atoms with E-state index in [4.69, 9.17) is 5.11 Å². The first-order chi connectivity index (χ1) is 5.35. The second-order valence-corrected chi connectivity index (χ2v) is 2.31. The molecule has 0 aliphatic rings. The lowest BCUT2D eigenvalue weighted by Gasteiger charge is -2.07. The molecule has 0 saturated heterocycles. The number of rotatable bonds is 7. The van der Waals surface area contributed by atoms with Gasteiger partial charge in [-0.1, -0.05) is 6.08 Å². The van der Waals surface area contributed by atoms with Gasteiger partial charge in [0.05, 0.1) is 12.6 Å². The van der Waals surface area contributed by atoms with Gasteiger partial charge in [-0.2, -0.15) is 0 Å². The van der Waals surface area contributed by atoms with Crippen molar-refractivity contribution in [2.75, 3.05) is 13.2 Å². The highest BCUT2D eigenvalue weighted by molar-refractivity contribution is 5.57. The van der Waals surface area contributed by atoms with Crippen LogP contribution in [0.3, 0.4) is 0 Å². The highest BCUT2D eigenvalue weighted by atomic mass is 16.3. The summed E-state index contributed by atoms with van der Waals surface area (Å²) in [6, 6.07) is -0.403. The lowest BCUT2D eigenvalue weighted by Crippen LogP contribution is -2.34. The smallest absolute Gasteiger partial charge is 0.139 e. The van der Waals surface area contributed by atoms with E-state index in [1.54, 1.807) is 0 Å². The van der Waals surface area contributed by atoms with E-state index in [0.717, 1.165) is 19.4 Å². The molecule has 2 N–H and O–H groups in total. The third-order valence-corrected chi connectivity index (χ3v) is 1.35. The van der Waals surface area contributed by atoms with Crippen LogP contribution in [0.15, 0.2) is 12.7 Å². The molecule has 0 fully saturated rings. The first-order valence-electron chi connectivity index (χ1n) is 3.75. The second kappa shape index (κ2) is 7.44. The Morgan fingerprint density at radius 2 is 2.36 bits per heavy atom. The minimum absolute atomic E-state index is 0.127. The summed E-state index contributed by atoms with van der Waals surface area (Å²) in [5.41, 5.74) is 0. The highest BCUT2D eigenvalue weighted by Gasteiger charge is 2.01. The Morgan fingerprint density at radius 1 is 1.64 bits per heavy atom. The Kier molecular flexibility index (Phi) is 6.98. The number of carbonyl (C=O) groups is 1. The molecule has 11 heavy (non-hydrogen) atoms. The molecule has 0 heterocycles. The van der Waals surface area contributed by atoms with Crippen LogP contribution >= 0.6 is 0 Å². The zero-order chi connectivity index (χ0) is 8.53. The summed E-state index contributed by atoms with van der Waals surface area (Å²) in [7, 11) is 0. The van der Waals surface area contributed by atoms with Gasteiger partial charge in [0.25, 0.3) is 0 Å². The molecule has 0 unspecified atom stereocenters. The van der Waals surface area contributed by atoms with Gasteiger partial charge in [-0.3, -0.25) is 0 Å². The molecule has 0 radical (unpaired) electrons. The van der Waals surface area contributed by atoms with Gasteiger partial charge in [0.15, 0.2) is 0 Å². The predicted octanol–water partition coefficient (Wildman–Crippen LogP) is 0.102. The van der Waals surface area contributed by atoms with Crippen LogP contribution in [0.5, 0.6) is 0 Å². The van der Waals surface area contributed by atoms with E-state index in [9.17, 15) is 4.79 Å². The number of aldehydes is 1. The van der Waals surface area contributed by atoms with Gasteiger partial charge in [0.1, 0.15) is 6.29 Å². The van der Waals surface area contributed by atoms with Crippen molar-refractivity contribution in [2.45, 2.75) is 18.9 Å². The van der Waals surface area contributed by atoms with Crippen molar-refractivity contribution < 1.29 is 9.90 Å². The molecule has 0 aliphatic carbocycles. The minimum atomic E-state index is -0.403. The van der Waals surface area contributed by atoms with Gasteiger partial charge < -0.3 is 15.2 Å². The normalized spacial score (nSPS) is 12.5. The van der Waals surface area contributed by atoms with Crippen LogP contribution in [-0.2, 0) is 4.79 Å². The number of hydrogen-bond donors (Lipinski definition) is 2. The third kappa shape index (κ3) is 5.76. The molecule has 0 spiro atoms. The fourth-order valence-electron chi connectivity index (χ4n) is 0.690. The SMILES string of the molecule is C=CCCCN[C@H](C=O)CO. The van der Waals surface area contributed by atoms with Crippen molar-refractivity contribution >= 4 is 6.29 Å². The summed E-state index contributed by atoms with van der Waals surface area (Å²) < 4.78 is 0. The molecule has 0 amide bonds. The van der Waals surface area contributed by atoms with Crippen LogP contribution in [0.2, 0.25) is 0 Å². The number of allylic oxidation sites excluding steroid dienone is 1. The summed E-state index contributed by atoms with van der Waals surface area (Å²) in [6.07, 6.45) is 4.43. The zero-order valence-electron chi connectivity index (χ0n) is 6.62. The molecule has 0 aromatic rings. The van der Waals surface area contributed by atoms with Gasteiger partial charge in [0, 0.05) is 0 Å². The van der Waals surface area contributed by atoms with Crippen LogP contribution in [-0.4, -0.2) is 30.6 Å². The number of unbranched alkanes of at least 4 members (excludes halogenated alkanes) is 1. The number of aliphatic hydroxyl groups excluding tert-OH is 1. The first-order valence-corrected chi connectivity index (χ1v) is 3.75. The summed E-state index contributed by atoms with van der Waals surface area (Å²) in [5, 5.41) is 11.5. The molecule has 1 atom stereocenters. The van der Waals surface area contributed by atoms with E-state index in [1.807, 2.05) is 6.08 Å². The largest absolute Gasteiger partial charge is 0.394 e. The molecule has 3 nitrogen and oxygen atoms in total. The lowest BCUT2D eigenvalue weighted by atomic mass is 10.3. The molecule has 64 valence electrons. The first kappa shape index (κ1) is 10.3. The molecule has 0 bridgehead atoms. The van der Waals surface area contributed by atoms with Gasteiger partial charge >= 0.3 is 0 Å². The van der Waals surface area contributed by atoms with Crippen molar-refractivity contribution in [3.8, 4) is 0 Å². The minimum Gasteiger partial charge on any atom is -0.394 e. The maximum Gasteiger partial charge on any atom is 0.139 e. The zero-order valence-corrected chi connectivity index (χ0v) is 6.62. The van der Waals surface area contributed by atoms with Crippen molar-refractivity contribution in [1.82, 2.24) is 5.32 Å². The molecule has 0 saturated carbocycles. The second-order valence-electron chi connectivity index (χ2n) is 2.31. The monoisotopic (exact) mass is 157 g/mol. The Labute approximate surface area is 67.1 Å². The van der Waals surface area contributed by atoms with Gasteiger partial charge in [-0.15, -0.1) is 6.58 Å². The van der Waals surface area contributed by atoms with Crippen LogP contribution in [0.1, 0.15) is 12.8 Å². The van der Waals surface area contributed by atoms with Crippen molar-refractivity contribution in [3.05, 3.63) is 12.7 Å². The maximum absolute atomic E-state index is 10.2. The lowest BCUT2D eigenvalue weighted by molar-refractivity contribution is -0.110. The summed E-state index contributed by atoms with van der Waals surface area (Å²) in [5.74, 6) is 0. The average Bonchev–Trinajstić information content (AvgIpc) is 2.05. The molecule has 0 aromatic heterocycles. The van der Waals surface area contributed by atoms with Gasteiger partial charge in [-0.05, 0) is 19.4 Å². The molecular formula is C8H15NO2. The molecule has 0 aliphatic heterocycles. The van der Waals surface area contributed by atoms with Gasteiger partial charge in [-0.25, -0.2) is 0 Å². The van der Waals surface area contributed by atoms with Crippen molar-refractivity contribution in [2.24, 2.45) is 0 Å². The summed E-state index contributed by atoms with van der Waals surface area (Å²) in [6.45, 7) is 4.19. The van der Waals surface area contributed by atoms with E-state index >= 15 is 0 Å². The molecule has 0 aromatic carbocycles. The van der Waals surface area contributed by atoms with Crippen LogP contribution in [0, 0.1) is 0 Å². The van der Waals surface area contributed by atoms with E-state index in [0.29, 0.717) is 6.29 Å². The van der Waals surface area contributed by atoms with Crippen LogP contribution < -0.4 is 5.32 Å². The van der Waals surface area contributed by atoms with Crippen LogP contribution in [0.4, 0.5) is 0 Å². The van der Waals surface area contributed by atoms with Crippen molar-refractivity contribution in [1.29, 1.82) is 0 Å². The van der Waals surface area contributed by atoms with E-state index < -0.39 is 6.04 Å². The van der Waals surface area contributed by atoms with E-state index in [2.05, 4.69) is 11.9 Å². The van der Waals surface area contributed by atoms with Crippen LogP contribution in [0.25, 0.3) is 0 Å². The predicted molar refractivity (Wildman–Crippen MR) is 44.4 cm³/mol. The number of aliphatic hydroxyl groups is 1. The Morgan fingerprint density at radius 3 is 2.82 bits per heavy atom. The fourth-order valence-corrected chi connectivity index (χ4v) is 0.690. The number of hydrogen-bond acceptors (Lipinski definition) is 3. The van der Waals surface area contributed by atoms with Gasteiger partial charge in [0.2, 0.25) is 0 Å². The van der Waals surface area contributed by atoms with E-state index in [1.165, 1.54) is 0 Å². The molecule has 0 rings (SSSR count). The van der Waals surface area contributed by atoms with Crippen molar-refractivity contribution in [3.63, 3.8) is 0 Å². The molecular weight excluding hydrogens is 142 g/mol. The fraction of sp³-hybridized carbons (Fsp3) is 0.625. The number of carbonyl (C=O) groups excluding carboxylic acids is 1. The standard InChI is InChI=1S/C8H15NO2/c1-2-3-4-5-9-8(6-10)7-11/h2,6,8-9,11H,1,3-5,7H2/t8-/m1/s1. The highest BCUT2D eigenvalue weighted by Crippen LogP contribution is 1.87. The average molecular weight is 157 g/mol. The number of nitrogens with one attached hydrogen (secondary N) is 1. The topological polar surface area (TPSA) is 49.3 Å². The Hall–Kier alpha value is -0.670. The van der Waals surface area contributed by atoms with E-state index in [-0.39, 0.29) is 6.61 Å². The maximum atomic E-state index is 10.2. The third-order valence-electron chi connectivity index (χ3n) is 1.35. The molecule has 3 heteroatoms. The Bertz CT molecular complexity index is 115. The Balaban J connectivity index is 3.20. The summed E-state index contributed by atoms with van der Waals surface area (Å²) >= 11 is 0.